The summed E-state index contributed by atoms with van der Waals surface area (Å²) in [5.41, 5.74) is 5.07. The Kier molecular flexibility index (Phi) is 3.53. The minimum absolute atomic E-state index is 0.179. The fourth-order valence-electron chi connectivity index (χ4n) is 2.29. The highest BCUT2D eigenvalue weighted by atomic mass is 16.1. The zero-order chi connectivity index (χ0) is 10.8. The number of amides is 1. The molecule has 1 amide bonds. The highest BCUT2D eigenvalue weighted by Crippen LogP contribution is 2.34. The molecular weight excluding hydrogens is 176 g/mol. The molecule has 3 atom stereocenters. The van der Waals surface area contributed by atoms with Gasteiger partial charge in [0.2, 0.25) is 5.91 Å². The summed E-state index contributed by atoms with van der Waals surface area (Å²) < 4.78 is 0. The fourth-order valence-corrected chi connectivity index (χ4v) is 2.29. The SMILES string of the molecule is CCC(C)NC1(C(N)=O)CCC(C)C1. The van der Waals surface area contributed by atoms with Crippen molar-refractivity contribution in [1.29, 1.82) is 0 Å². The van der Waals surface area contributed by atoms with E-state index in [1.54, 1.807) is 0 Å². The molecule has 0 spiro atoms. The van der Waals surface area contributed by atoms with Gasteiger partial charge in [-0.1, -0.05) is 13.8 Å². The average molecular weight is 198 g/mol. The van der Waals surface area contributed by atoms with Crippen LogP contribution >= 0.6 is 0 Å². The highest BCUT2D eigenvalue weighted by molar-refractivity contribution is 5.85. The Morgan fingerprint density at radius 3 is 2.71 bits per heavy atom. The van der Waals surface area contributed by atoms with E-state index in [2.05, 4.69) is 26.1 Å². The van der Waals surface area contributed by atoms with Gasteiger partial charge in [-0.05, 0) is 38.5 Å². The molecule has 0 aromatic heterocycles. The molecule has 0 aromatic rings. The average Bonchev–Trinajstić information content (AvgIpc) is 2.48. The van der Waals surface area contributed by atoms with Crippen LogP contribution < -0.4 is 11.1 Å². The molecule has 0 heterocycles. The molecule has 0 bridgehead atoms. The number of nitrogens with two attached hydrogens (primary N) is 1. The summed E-state index contributed by atoms with van der Waals surface area (Å²) in [5, 5.41) is 3.40. The van der Waals surface area contributed by atoms with Crippen LogP contribution in [-0.2, 0) is 4.79 Å². The van der Waals surface area contributed by atoms with Crippen molar-refractivity contribution in [3.05, 3.63) is 0 Å². The summed E-state index contributed by atoms with van der Waals surface area (Å²) >= 11 is 0. The van der Waals surface area contributed by atoms with E-state index in [1.807, 2.05) is 0 Å². The number of hydrogen-bond acceptors (Lipinski definition) is 2. The Labute approximate surface area is 86.4 Å². The van der Waals surface area contributed by atoms with Crippen molar-refractivity contribution >= 4 is 5.91 Å². The van der Waals surface area contributed by atoms with Crippen molar-refractivity contribution in [1.82, 2.24) is 5.32 Å². The maximum atomic E-state index is 11.5. The highest BCUT2D eigenvalue weighted by Gasteiger charge is 2.42. The summed E-state index contributed by atoms with van der Waals surface area (Å²) in [6.07, 6.45) is 3.93. The number of carbonyl (C=O) groups is 1. The molecule has 0 saturated heterocycles. The third-order valence-corrected chi connectivity index (χ3v) is 3.37. The molecule has 3 nitrogen and oxygen atoms in total. The van der Waals surface area contributed by atoms with Gasteiger partial charge in [-0.25, -0.2) is 0 Å². The fraction of sp³-hybridized carbons (Fsp3) is 0.909. The summed E-state index contributed by atoms with van der Waals surface area (Å²) in [7, 11) is 0. The first-order valence-corrected chi connectivity index (χ1v) is 5.58. The van der Waals surface area contributed by atoms with Crippen LogP contribution in [0.1, 0.15) is 46.5 Å². The number of nitrogens with one attached hydrogen (secondary N) is 1. The van der Waals surface area contributed by atoms with Crippen molar-refractivity contribution in [3.63, 3.8) is 0 Å². The van der Waals surface area contributed by atoms with Crippen molar-refractivity contribution in [3.8, 4) is 0 Å². The van der Waals surface area contributed by atoms with Crippen LogP contribution in [0.2, 0.25) is 0 Å². The molecule has 3 unspecified atom stereocenters. The number of primary amides is 1. The van der Waals surface area contributed by atoms with Gasteiger partial charge < -0.3 is 11.1 Å². The van der Waals surface area contributed by atoms with Crippen LogP contribution in [0, 0.1) is 5.92 Å². The second-order valence-electron chi connectivity index (χ2n) is 4.75. The van der Waals surface area contributed by atoms with Crippen molar-refractivity contribution < 1.29 is 4.79 Å². The normalized spacial score (nSPS) is 34.4. The molecule has 82 valence electrons. The minimum atomic E-state index is -0.422. The lowest BCUT2D eigenvalue weighted by Gasteiger charge is -2.30. The van der Waals surface area contributed by atoms with Gasteiger partial charge in [-0.3, -0.25) is 4.79 Å². The van der Waals surface area contributed by atoms with Gasteiger partial charge in [-0.2, -0.15) is 0 Å². The molecule has 1 saturated carbocycles. The molecule has 0 aliphatic heterocycles. The Balaban J connectivity index is 2.68. The molecule has 3 heteroatoms. The standard InChI is InChI=1S/C11H22N2O/c1-4-9(3)13-11(10(12)14)6-5-8(2)7-11/h8-9,13H,4-7H2,1-3H3,(H2,12,14). The van der Waals surface area contributed by atoms with E-state index in [-0.39, 0.29) is 5.91 Å². The summed E-state index contributed by atoms with van der Waals surface area (Å²) in [5.74, 6) is 0.432. The molecule has 1 aliphatic rings. The lowest BCUT2D eigenvalue weighted by atomic mass is 9.94. The van der Waals surface area contributed by atoms with Gasteiger partial charge in [0.05, 0.1) is 5.54 Å². The van der Waals surface area contributed by atoms with Crippen LogP contribution in [-0.4, -0.2) is 17.5 Å². The molecule has 1 rings (SSSR count). The summed E-state index contributed by atoms with van der Waals surface area (Å²) in [6.45, 7) is 6.40. The van der Waals surface area contributed by atoms with Gasteiger partial charge in [0.15, 0.2) is 0 Å². The van der Waals surface area contributed by atoms with Gasteiger partial charge in [0, 0.05) is 6.04 Å². The predicted octanol–water partition coefficient (Wildman–Crippen LogP) is 1.42. The van der Waals surface area contributed by atoms with Gasteiger partial charge in [-0.15, -0.1) is 0 Å². The minimum Gasteiger partial charge on any atom is -0.368 e. The Hall–Kier alpha value is -0.570. The largest absolute Gasteiger partial charge is 0.368 e. The van der Waals surface area contributed by atoms with Crippen LogP contribution in [0.4, 0.5) is 0 Å². The molecular formula is C11H22N2O. The van der Waals surface area contributed by atoms with Crippen molar-refractivity contribution in [2.24, 2.45) is 11.7 Å². The zero-order valence-corrected chi connectivity index (χ0v) is 9.47. The second kappa shape index (κ2) is 4.30. The van der Waals surface area contributed by atoms with E-state index in [4.69, 9.17) is 5.73 Å². The first kappa shape index (κ1) is 11.5. The van der Waals surface area contributed by atoms with E-state index < -0.39 is 5.54 Å². The number of carbonyl (C=O) groups excluding carboxylic acids is 1. The van der Waals surface area contributed by atoms with Crippen molar-refractivity contribution in [2.45, 2.75) is 58.0 Å². The molecule has 3 N–H and O–H groups in total. The maximum absolute atomic E-state index is 11.5. The van der Waals surface area contributed by atoms with Gasteiger partial charge in [0.25, 0.3) is 0 Å². The smallest absolute Gasteiger partial charge is 0.237 e. The number of hydrogen-bond donors (Lipinski definition) is 2. The van der Waals surface area contributed by atoms with Gasteiger partial charge >= 0.3 is 0 Å². The zero-order valence-electron chi connectivity index (χ0n) is 9.47. The molecule has 14 heavy (non-hydrogen) atoms. The molecule has 1 aliphatic carbocycles. The quantitative estimate of drug-likeness (QED) is 0.717. The van der Waals surface area contributed by atoms with Crippen LogP contribution in [0.15, 0.2) is 0 Å². The molecule has 1 fully saturated rings. The monoisotopic (exact) mass is 198 g/mol. The Morgan fingerprint density at radius 2 is 2.36 bits per heavy atom. The van der Waals surface area contributed by atoms with E-state index in [0.29, 0.717) is 12.0 Å². The van der Waals surface area contributed by atoms with Gasteiger partial charge in [0.1, 0.15) is 0 Å². The van der Waals surface area contributed by atoms with E-state index in [1.165, 1.54) is 0 Å². The van der Waals surface area contributed by atoms with Crippen LogP contribution in [0.25, 0.3) is 0 Å². The van der Waals surface area contributed by atoms with Crippen LogP contribution in [0.5, 0.6) is 0 Å². The predicted molar refractivity (Wildman–Crippen MR) is 57.8 cm³/mol. The topological polar surface area (TPSA) is 55.1 Å². The lowest BCUT2D eigenvalue weighted by molar-refractivity contribution is -0.124. The van der Waals surface area contributed by atoms with Crippen molar-refractivity contribution in [2.75, 3.05) is 0 Å². The molecule has 0 radical (unpaired) electrons. The molecule has 0 aromatic carbocycles. The summed E-state index contributed by atoms with van der Waals surface area (Å²) in [4.78, 5) is 11.5. The number of rotatable bonds is 4. The summed E-state index contributed by atoms with van der Waals surface area (Å²) in [6, 6.07) is 0.368. The van der Waals surface area contributed by atoms with E-state index >= 15 is 0 Å². The lowest BCUT2D eigenvalue weighted by Crippen LogP contribution is -2.56. The Morgan fingerprint density at radius 1 is 1.71 bits per heavy atom. The van der Waals surface area contributed by atoms with E-state index in [9.17, 15) is 4.79 Å². The third kappa shape index (κ3) is 2.27. The third-order valence-electron chi connectivity index (χ3n) is 3.37. The maximum Gasteiger partial charge on any atom is 0.237 e. The second-order valence-corrected chi connectivity index (χ2v) is 4.75. The first-order chi connectivity index (χ1) is 6.50. The van der Waals surface area contributed by atoms with E-state index in [0.717, 1.165) is 25.7 Å². The first-order valence-electron chi connectivity index (χ1n) is 5.58. The Bertz CT molecular complexity index is 217. The van der Waals surface area contributed by atoms with Crippen LogP contribution in [0.3, 0.4) is 0 Å².